The van der Waals surface area contributed by atoms with Crippen LogP contribution in [0.1, 0.15) is 22.8 Å². The zero-order valence-corrected chi connectivity index (χ0v) is 8.15. The molecule has 0 heterocycles. The second-order valence-electron chi connectivity index (χ2n) is 3.06. The molecule has 2 N–H and O–H groups in total. The van der Waals surface area contributed by atoms with Gasteiger partial charge in [-0.15, -0.1) is 0 Å². The number of aryl methyl sites for hydroxylation is 1. The van der Waals surface area contributed by atoms with Gasteiger partial charge in [0.1, 0.15) is 0 Å². The lowest BCUT2D eigenvalue weighted by Crippen LogP contribution is -2.41. The van der Waals surface area contributed by atoms with Gasteiger partial charge in [0.05, 0.1) is 0 Å². The van der Waals surface area contributed by atoms with Gasteiger partial charge in [0, 0.05) is 12.5 Å². The number of carbonyl (C=O) groups is 2. The highest BCUT2D eigenvalue weighted by Gasteiger charge is 2.15. The molecule has 0 saturated carbocycles. The van der Waals surface area contributed by atoms with Crippen molar-refractivity contribution in [2.45, 2.75) is 13.8 Å². The van der Waals surface area contributed by atoms with Gasteiger partial charge >= 0.3 is 0 Å². The minimum absolute atomic E-state index is 0.419. The topological polar surface area (TPSA) is 63.4 Å². The summed E-state index contributed by atoms with van der Waals surface area (Å²) in [5, 5.41) is 0.606. The summed E-state index contributed by atoms with van der Waals surface area (Å²) in [6, 6.07) is 6.92. The smallest absolute Gasteiger partial charge is 0.273 e. The molecule has 0 fully saturated rings. The quantitative estimate of drug-likeness (QED) is 0.407. The Balaban J connectivity index is 2.95. The average molecular weight is 192 g/mol. The van der Waals surface area contributed by atoms with Crippen molar-refractivity contribution in [3.63, 3.8) is 0 Å². The van der Waals surface area contributed by atoms with Crippen LogP contribution in [0.2, 0.25) is 0 Å². The molecular formula is C10H12N2O2. The largest absolute Gasteiger partial charge is 0.274 e. The van der Waals surface area contributed by atoms with Crippen LogP contribution in [-0.4, -0.2) is 16.8 Å². The summed E-state index contributed by atoms with van der Waals surface area (Å²) in [6.07, 6.45) is 0. The van der Waals surface area contributed by atoms with E-state index in [-0.39, 0.29) is 0 Å². The zero-order chi connectivity index (χ0) is 10.7. The standard InChI is InChI=1S/C10H12N2O2/c1-7-4-3-5-9(6-7)10(14)12(11)8(2)13/h3-6H,11H2,1-2H3. The van der Waals surface area contributed by atoms with E-state index in [1.165, 1.54) is 6.92 Å². The number of rotatable bonds is 1. The highest BCUT2D eigenvalue weighted by molar-refractivity contribution is 6.03. The molecule has 0 radical (unpaired) electrons. The van der Waals surface area contributed by atoms with Gasteiger partial charge in [-0.1, -0.05) is 17.7 Å². The van der Waals surface area contributed by atoms with Crippen LogP contribution in [0.4, 0.5) is 0 Å². The molecule has 0 atom stereocenters. The molecule has 0 aromatic heterocycles. The number of imide groups is 1. The molecule has 0 aliphatic carbocycles. The van der Waals surface area contributed by atoms with Crippen LogP contribution in [0.15, 0.2) is 24.3 Å². The van der Waals surface area contributed by atoms with Crippen molar-refractivity contribution in [2.75, 3.05) is 0 Å². The van der Waals surface area contributed by atoms with Crippen molar-refractivity contribution < 1.29 is 9.59 Å². The predicted molar refractivity (Wildman–Crippen MR) is 52.2 cm³/mol. The highest BCUT2D eigenvalue weighted by atomic mass is 16.2. The van der Waals surface area contributed by atoms with E-state index >= 15 is 0 Å². The molecule has 2 amide bonds. The molecule has 4 heteroatoms. The summed E-state index contributed by atoms with van der Waals surface area (Å²) < 4.78 is 0. The van der Waals surface area contributed by atoms with Crippen LogP contribution >= 0.6 is 0 Å². The number of benzene rings is 1. The fraction of sp³-hybridized carbons (Fsp3) is 0.200. The Labute approximate surface area is 82.3 Å². The third kappa shape index (κ3) is 2.17. The number of nitrogens with two attached hydrogens (primary N) is 1. The predicted octanol–water partition coefficient (Wildman–Crippen LogP) is 0.857. The summed E-state index contributed by atoms with van der Waals surface area (Å²) in [5.41, 5.74) is 1.37. The first-order valence-electron chi connectivity index (χ1n) is 4.19. The summed E-state index contributed by atoms with van der Waals surface area (Å²) in [4.78, 5) is 22.3. The molecular weight excluding hydrogens is 180 g/mol. The fourth-order valence-electron chi connectivity index (χ4n) is 1.06. The molecule has 4 nitrogen and oxygen atoms in total. The van der Waals surface area contributed by atoms with E-state index in [1.54, 1.807) is 18.2 Å². The van der Waals surface area contributed by atoms with Crippen LogP contribution in [0, 0.1) is 6.92 Å². The Morgan fingerprint density at radius 3 is 2.50 bits per heavy atom. The van der Waals surface area contributed by atoms with Crippen molar-refractivity contribution in [1.29, 1.82) is 0 Å². The fourth-order valence-corrected chi connectivity index (χ4v) is 1.06. The summed E-state index contributed by atoms with van der Waals surface area (Å²) in [5.74, 6) is 4.32. The summed E-state index contributed by atoms with van der Waals surface area (Å²) in [7, 11) is 0. The lowest BCUT2D eigenvalue weighted by Gasteiger charge is -2.12. The lowest BCUT2D eigenvalue weighted by molar-refractivity contribution is -0.126. The summed E-state index contributed by atoms with van der Waals surface area (Å²) in [6.45, 7) is 3.11. The van der Waals surface area contributed by atoms with Gasteiger partial charge in [-0.05, 0) is 19.1 Å². The molecule has 14 heavy (non-hydrogen) atoms. The number of carbonyl (C=O) groups excluding carboxylic acids is 2. The third-order valence-corrected chi connectivity index (χ3v) is 1.82. The van der Waals surface area contributed by atoms with Gasteiger partial charge in [-0.2, -0.15) is 0 Å². The molecule has 0 bridgehead atoms. The monoisotopic (exact) mass is 192 g/mol. The van der Waals surface area contributed by atoms with E-state index in [0.717, 1.165) is 5.56 Å². The molecule has 0 aliphatic rings. The molecule has 74 valence electrons. The lowest BCUT2D eigenvalue weighted by atomic mass is 10.1. The normalized spacial score (nSPS) is 9.64. The van der Waals surface area contributed by atoms with Gasteiger partial charge in [0.2, 0.25) is 5.91 Å². The minimum atomic E-state index is -0.485. The SMILES string of the molecule is CC(=O)N(N)C(=O)c1cccc(C)c1. The Hall–Kier alpha value is -1.68. The van der Waals surface area contributed by atoms with E-state index in [9.17, 15) is 9.59 Å². The van der Waals surface area contributed by atoms with E-state index in [1.807, 2.05) is 13.0 Å². The molecule has 0 aliphatic heterocycles. The Morgan fingerprint density at radius 1 is 1.36 bits per heavy atom. The number of hydrogen-bond acceptors (Lipinski definition) is 3. The van der Waals surface area contributed by atoms with Crippen LogP contribution in [0.5, 0.6) is 0 Å². The maximum absolute atomic E-state index is 11.5. The van der Waals surface area contributed by atoms with Crippen molar-refractivity contribution in [3.05, 3.63) is 35.4 Å². The van der Waals surface area contributed by atoms with Crippen LogP contribution in [-0.2, 0) is 4.79 Å². The first-order valence-corrected chi connectivity index (χ1v) is 4.19. The van der Waals surface area contributed by atoms with E-state index in [4.69, 9.17) is 5.84 Å². The second kappa shape index (κ2) is 4.02. The van der Waals surface area contributed by atoms with Crippen LogP contribution < -0.4 is 5.84 Å². The van der Waals surface area contributed by atoms with Crippen molar-refractivity contribution in [3.8, 4) is 0 Å². The van der Waals surface area contributed by atoms with Gasteiger partial charge in [0.25, 0.3) is 5.91 Å². The van der Waals surface area contributed by atoms with Gasteiger partial charge in [-0.25, -0.2) is 10.9 Å². The first kappa shape index (κ1) is 10.4. The molecule has 1 aromatic rings. The van der Waals surface area contributed by atoms with Crippen molar-refractivity contribution in [1.82, 2.24) is 5.01 Å². The Morgan fingerprint density at radius 2 is 2.00 bits per heavy atom. The number of hydrogen-bond donors (Lipinski definition) is 1. The summed E-state index contributed by atoms with van der Waals surface area (Å²) >= 11 is 0. The minimum Gasteiger partial charge on any atom is -0.273 e. The molecule has 0 saturated heterocycles. The maximum atomic E-state index is 11.5. The van der Waals surface area contributed by atoms with Crippen molar-refractivity contribution >= 4 is 11.8 Å². The van der Waals surface area contributed by atoms with Crippen LogP contribution in [0.3, 0.4) is 0 Å². The molecule has 0 spiro atoms. The third-order valence-electron chi connectivity index (χ3n) is 1.82. The number of nitrogens with zero attached hydrogens (tertiary/aromatic N) is 1. The first-order chi connectivity index (χ1) is 6.52. The van der Waals surface area contributed by atoms with E-state index in [0.29, 0.717) is 10.6 Å². The maximum Gasteiger partial charge on any atom is 0.274 e. The van der Waals surface area contributed by atoms with Crippen molar-refractivity contribution in [2.24, 2.45) is 5.84 Å². The van der Waals surface area contributed by atoms with E-state index in [2.05, 4.69) is 0 Å². The molecule has 1 aromatic carbocycles. The zero-order valence-electron chi connectivity index (χ0n) is 8.15. The number of amides is 2. The Bertz CT molecular complexity index is 374. The number of hydrazine groups is 1. The highest BCUT2D eigenvalue weighted by Crippen LogP contribution is 2.05. The Kier molecular flexibility index (Phi) is 2.99. The van der Waals surface area contributed by atoms with Gasteiger partial charge < -0.3 is 0 Å². The van der Waals surface area contributed by atoms with Gasteiger partial charge in [-0.3, -0.25) is 9.59 Å². The second-order valence-corrected chi connectivity index (χ2v) is 3.06. The average Bonchev–Trinajstić information content (AvgIpc) is 2.15. The van der Waals surface area contributed by atoms with Crippen LogP contribution in [0.25, 0.3) is 0 Å². The molecule has 0 unspecified atom stereocenters. The van der Waals surface area contributed by atoms with Gasteiger partial charge in [0.15, 0.2) is 0 Å². The molecule has 1 rings (SSSR count). The van der Waals surface area contributed by atoms with E-state index < -0.39 is 11.8 Å².